The maximum Gasteiger partial charge on any atom is 2.00 e. The van der Waals surface area contributed by atoms with E-state index in [9.17, 15) is 0 Å². The summed E-state index contributed by atoms with van der Waals surface area (Å²) in [5.74, 6) is -1.11. The molecule has 11 heteroatoms. The van der Waals surface area contributed by atoms with Crippen molar-refractivity contribution in [3.63, 3.8) is 0 Å². The molecule has 10 nitrogen and oxygen atoms in total. The zero-order chi connectivity index (χ0) is 26.2. The quantitative estimate of drug-likeness (QED) is 0.219. The first-order chi connectivity index (χ1) is 17.4. The molecule has 1 aromatic heterocycles. The fraction of sp³-hybridized carbons (Fsp3) is 0.0769. The Morgan fingerprint density at radius 2 is 1.19 bits per heavy atom. The summed E-state index contributed by atoms with van der Waals surface area (Å²) in [6.07, 6.45) is 3.49. The van der Waals surface area contributed by atoms with Gasteiger partial charge in [0.25, 0.3) is 5.95 Å². The predicted octanol–water partition coefficient (Wildman–Crippen LogP) is 1.78. The topological polar surface area (TPSA) is 148 Å². The number of nitrogens with one attached hydrogen (secondary N) is 1. The van der Waals surface area contributed by atoms with Crippen LogP contribution in [0.4, 0.5) is 5.95 Å². The van der Waals surface area contributed by atoms with Crippen molar-refractivity contribution in [1.29, 1.82) is 0 Å². The van der Waals surface area contributed by atoms with Crippen LogP contribution in [0.3, 0.4) is 0 Å². The number of carbonyl (C=O) groups is 2. The number of anilines is 1. The van der Waals surface area contributed by atoms with Gasteiger partial charge in [-0.25, -0.2) is 5.43 Å². The average molecular weight is 550 g/mol. The van der Waals surface area contributed by atoms with Crippen LogP contribution in [0.5, 0.6) is 0 Å². The molecule has 4 rings (SSSR count). The van der Waals surface area contributed by atoms with E-state index in [0.29, 0.717) is 11.8 Å². The maximum absolute atomic E-state index is 8.89. The third-order valence-electron chi connectivity index (χ3n) is 3.97. The molecule has 0 unspecified atom stereocenters. The Morgan fingerprint density at radius 1 is 0.757 bits per heavy atom. The third-order valence-corrected chi connectivity index (χ3v) is 3.97. The first-order valence-corrected chi connectivity index (χ1v) is 10.7. The van der Waals surface area contributed by atoms with E-state index in [2.05, 4.69) is 25.8 Å². The zero-order valence-corrected chi connectivity index (χ0v) is 23.4. The second kappa shape index (κ2) is 17.0. The molecular formula is C26H24N6O4Zn. The number of aromatic nitrogens is 3. The normalized spacial score (nSPS) is 9.89. The molecule has 184 valence electrons. The third kappa shape index (κ3) is 12.2. The number of hydrogen-bond donors (Lipinski definition) is 1. The number of aliphatic carboxylic acids is 2. The van der Waals surface area contributed by atoms with Crippen LogP contribution in [0.1, 0.15) is 25.0 Å². The Labute approximate surface area is 227 Å². The van der Waals surface area contributed by atoms with Gasteiger partial charge in [-0.05, 0) is 25.0 Å². The molecule has 0 aliphatic carbocycles. The Balaban J connectivity index is 0.000000671. The van der Waals surface area contributed by atoms with Crippen molar-refractivity contribution in [3.8, 4) is 11.4 Å². The van der Waals surface area contributed by atoms with Crippen molar-refractivity contribution in [1.82, 2.24) is 14.9 Å². The molecule has 1 N–H and O–H groups in total. The molecule has 37 heavy (non-hydrogen) atoms. The summed E-state index contributed by atoms with van der Waals surface area (Å²) >= 11 is 0. The van der Waals surface area contributed by atoms with Crippen molar-refractivity contribution in [3.05, 3.63) is 102 Å². The summed E-state index contributed by atoms with van der Waals surface area (Å²) in [5.41, 5.74) is 5.81. The molecule has 0 spiro atoms. The van der Waals surface area contributed by atoms with Gasteiger partial charge in [-0.3, -0.25) is 0 Å². The fourth-order valence-electron chi connectivity index (χ4n) is 2.59. The molecule has 0 amide bonds. The van der Waals surface area contributed by atoms with E-state index in [1.54, 1.807) is 17.1 Å². The molecule has 0 aliphatic heterocycles. The minimum absolute atomic E-state index is 0. The zero-order valence-electron chi connectivity index (χ0n) is 20.4. The van der Waals surface area contributed by atoms with Crippen LogP contribution in [0.15, 0.2) is 101 Å². The van der Waals surface area contributed by atoms with Crippen LogP contribution in [-0.4, -0.2) is 39.2 Å². The monoisotopic (exact) mass is 548 g/mol. The van der Waals surface area contributed by atoms with Crippen LogP contribution >= 0.6 is 0 Å². The van der Waals surface area contributed by atoms with Crippen molar-refractivity contribution in [2.24, 2.45) is 10.2 Å². The number of rotatable bonds is 6. The van der Waals surface area contributed by atoms with E-state index in [1.807, 2.05) is 91.0 Å². The van der Waals surface area contributed by atoms with Gasteiger partial charge in [-0.1, -0.05) is 91.0 Å². The van der Waals surface area contributed by atoms with Crippen molar-refractivity contribution >= 4 is 30.3 Å². The largest absolute Gasteiger partial charge is 2.00 e. The van der Waals surface area contributed by atoms with Crippen LogP contribution < -0.4 is 15.6 Å². The van der Waals surface area contributed by atoms with E-state index in [0.717, 1.165) is 30.5 Å². The Bertz CT molecular complexity index is 1260. The van der Waals surface area contributed by atoms with Crippen LogP contribution in [-0.2, 0) is 29.1 Å². The summed E-state index contributed by atoms with van der Waals surface area (Å²) < 4.78 is 1.64. The molecule has 0 fully saturated rings. The first kappa shape index (κ1) is 30.5. The summed E-state index contributed by atoms with van der Waals surface area (Å²) in [4.78, 5) is 17.8. The molecule has 0 bridgehead atoms. The van der Waals surface area contributed by atoms with Crippen molar-refractivity contribution in [2.75, 3.05) is 5.43 Å². The smallest absolute Gasteiger partial charge is 0.550 e. The van der Waals surface area contributed by atoms with Crippen LogP contribution in [0.2, 0.25) is 0 Å². The summed E-state index contributed by atoms with van der Waals surface area (Å²) in [7, 11) is 0. The number of carboxylic acids is 2. The van der Waals surface area contributed by atoms with E-state index in [-0.39, 0.29) is 19.5 Å². The van der Waals surface area contributed by atoms with Gasteiger partial charge in [0.2, 0.25) is 0 Å². The molecular weight excluding hydrogens is 526 g/mol. The second-order valence-electron chi connectivity index (χ2n) is 6.94. The van der Waals surface area contributed by atoms with E-state index < -0.39 is 11.9 Å². The minimum atomic E-state index is -1.08. The van der Waals surface area contributed by atoms with E-state index in [4.69, 9.17) is 19.8 Å². The summed E-state index contributed by atoms with van der Waals surface area (Å²) in [6, 6.07) is 29.5. The number of carbonyl (C=O) groups excluding carboxylic acids is 2. The number of carboxylic acid groups (broad SMARTS) is 2. The molecule has 0 saturated heterocycles. The summed E-state index contributed by atoms with van der Waals surface area (Å²) in [6.45, 7) is 1.94. The average Bonchev–Trinajstić information content (AvgIpc) is 3.26. The number of hydrazone groups is 1. The molecule has 1 heterocycles. The van der Waals surface area contributed by atoms with Gasteiger partial charge in [0, 0.05) is 17.5 Å². The van der Waals surface area contributed by atoms with Gasteiger partial charge >= 0.3 is 19.5 Å². The van der Waals surface area contributed by atoms with Crippen molar-refractivity contribution < 1.29 is 39.3 Å². The minimum Gasteiger partial charge on any atom is -0.550 e. The standard InChI is InChI=1S/C22H18N6.2C2H4O2.Zn/c1-4-10-18(11-5-1)16-23-26-22-27-25-21(20-14-8-3-9-15-20)28(22)24-17-19-12-6-2-7-13-19;2*1-2(3)4;/h1-17H,(H,26,27);2*1H3,(H,3,4);/q;;;+2/p-2/b23-16-,24-17-;;;. The molecule has 0 atom stereocenters. The van der Waals surface area contributed by atoms with Gasteiger partial charge in [0.05, 0.1) is 12.4 Å². The molecule has 0 saturated carbocycles. The van der Waals surface area contributed by atoms with Gasteiger partial charge in [-0.15, -0.1) is 10.2 Å². The van der Waals surface area contributed by atoms with Crippen LogP contribution in [0.25, 0.3) is 11.4 Å². The van der Waals surface area contributed by atoms with E-state index >= 15 is 0 Å². The Hall–Kier alpha value is -4.50. The van der Waals surface area contributed by atoms with Gasteiger partial charge in [0.1, 0.15) is 0 Å². The molecule has 0 aliphatic rings. The van der Waals surface area contributed by atoms with Gasteiger partial charge in [0.15, 0.2) is 5.82 Å². The maximum atomic E-state index is 8.89. The number of nitrogens with zero attached hydrogens (tertiary/aromatic N) is 5. The second-order valence-corrected chi connectivity index (χ2v) is 6.94. The predicted molar refractivity (Wildman–Crippen MR) is 134 cm³/mol. The van der Waals surface area contributed by atoms with Gasteiger partial charge in [-0.2, -0.15) is 14.9 Å². The molecule has 0 radical (unpaired) electrons. The molecule has 4 aromatic rings. The van der Waals surface area contributed by atoms with Crippen molar-refractivity contribution in [2.45, 2.75) is 13.8 Å². The first-order valence-electron chi connectivity index (χ1n) is 10.7. The van der Waals surface area contributed by atoms with E-state index in [1.165, 1.54) is 0 Å². The Morgan fingerprint density at radius 3 is 1.68 bits per heavy atom. The Kier molecular flexibility index (Phi) is 14.0. The summed E-state index contributed by atoms with van der Waals surface area (Å²) in [5, 5.41) is 35.1. The van der Waals surface area contributed by atoms with Gasteiger partial charge < -0.3 is 19.8 Å². The number of benzene rings is 3. The number of hydrogen-bond acceptors (Lipinski definition) is 9. The SMILES string of the molecule is C(=N/Nc1nnc(-c2ccccc2)n1/N=C\c1ccccc1)/c1ccccc1.CC(=O)[O-].CC(=O)[O-].[Zn+2]. The molecule has 3 aromatic carbocycles. The fourth-order valence-corrected chi connectivity index (χ4v) is 2.59. The van der Waals surface area contributed by atoms with Crippen LogP contribution in [0, 0.1) is 0 Å².